The largest absolute Gasteiger partial charge is 0.358 e. The van der Waals surface area contributed by atoms with Crippen molar-refractivity contribution in [3.05, 3.63) is 137 Å². The second kappa shape index (κ2) is 15.4. The Morgan fingerprint density at radius 1 is 0.829 bits per heavy atom. The number of benzene rings is 3. The molecule has 3 aromatic carbocycles. The third kappa shape index (κ3) is 8.28. The van der Waals surface area contributed by atoms with Crippen molar-refractivity contribution < 1.29 is 24.2 Å². The van der Waals surface area contributed by atoms with Gasteiger partial charge in [0.25, 0.3) is 0 Å². The van der Waals surface area contributed by atoms with Crippen LogP contribution in [0.25, 0.3) is 23.3 Å². The molecule has 0 heterocycles. The van der Waals surface area contributed by atoms with E-state index in [0.29, 0.717) is 5.92 Å². The molecule has 3 heteroatoms. The smallest absolute Gasteiger partial charge is 0.171 e. The Morgan fingerprint density at radius 3 is 1.88 bits per heavy atom. The van der Waals surface area contributed by atoms with Crippen LogP contribution in [0.15, 0.2) is 78.4 Å². The second-order valence-corrected chi connectivity index (χ2v) is 11.4. The van der Waals surface area contributed by atoms with E-state index in [0.717, 1.165) is 6.42 Å². The van der Waals surface area contributed by atoms with Gasteiger partial charge in [0.15, 0.2) is 0 Å². The summed E-state index contributed by atoms with van der Waals surface area (Å²) in [5, 5.41) is 0. The quantitative estimate of drug-likeness (QED) is 0.165. The molecule has 0 N–H and O–H groups in total. The van der Waals surface area contributed by atoms with Gasteiger partial charge in [0, 0.05) is 5.41 Å². The molecule has 4 aliphatic rings. The first-order valence-corrected chi connectivity index (χ1v) is 15.1. The van der Waals surface area contributed by atoms with Gasteiger partial charge in [-0.3, -0.25) is 12.2 Å². The van der Waals surface area contributed by atoms with Gasteiger partial charge in [-0.05, 0) is 45.9 Å². The Hall–Kier alpha value is -2.05. The van der Waals surface area contributed by atoms with Gasteiger partial charge in [-0.1, -0.05) is 70.2 Å². The van der Waals surface area contributed by atoms with Crippen LogP contribution in [0.2, 0.25) is 0 Å². The number of fused-ring (bicyclic) bond motifs is 5. The number of allylic oxidation sites excluding steroid dienone is 6. The molecule has 0 saturated carbocycles. The number of hydrogen-bond acceptors (Lipinski definition) is 0. The van der Waals surface area contributed by atoms with Crippen molar-refractivity contribution in [1.29, 1.82) is 0 Å². The van der Waals surface area contributed by atoms with E-state index in [9.17, 15) is 0 Å². The van der Waals surface area contributed by atoms with Gasteiger partial charge in [0.05, 0.1) is 0 Å². The Morgan fingerprint density at radius 2 is 1.41 bits per heavy atom. The van der Waals surface area contributed by atoms with Crippen LogP contribution in [0.3, 0.4) is 0 Å². The SMILES string of the molecule is CC1(C)[C-]=Cc2cc3c(cc21)Cc1cc2c(cc1-3)C=CC2(C)C.CC1=CC(C)[C-]=C1.Cl.Cl.[CH2]=[Zr].[CH3-].[c-]1ccccc1. The van der Waals surface area contributed by atoms with Crippen molar-refractivity contribution in [2.24, 2.45) is 5.92 Å². The van der Waals surface area contributed by atoms with Crippen LogP contribution >= 0.6 is 24.8 Å². The Bertz CT molecular complexity index is 1330. The number of hydrogen-bond donors (Lipinski definition) is 0. The van der Waals surface area contributed by atoms with E-state index in [4.69, 9.17) is 0 Å². The van der Waals surface area contributed by atoms with Crippen LogP contribution in [-0.4, -0.2) is 4.21 Å². The summed E-state index contributed by atoms with van der Waals surface area (Å²) in [6, 6.07) is 22.2. The average molecular weight is 661 g/mol. The van der Waals surface area contributed by atoms with Crippen molar-refractivity contribution in [2.75, 3.05) is 0 Å². The fraction of sp³-hybridized carbons (Fsp3) is 0.263. The zero-order chi connectivity index (χ0) is 27.5. The maximum absolute atomic E-state index is 3.50. The minimum Gasteiger partial charge on any atom is -0.358 e. The molecule has 41 heavy (non-hydrogen) atoms. The average Bonchev–Trinajstić information content (AvgIpc) is 3.64. The van der Waals surface area contributed by atoms with E-state index in [1.54, 1.807) is 0 Å². The van der Waals surface area contributed by atoms with E-state index in [1.807, 2.05) is 36.4 Å². The summed E-state index contributed by atoms with van der Waals surface area (Å²) in [4.78, 5) is 0. The van der Waals surface area contributed by atoms with E-state index in [1.165, 1.54) is 74.3 Å². The number of rotatable bonds is 0. The van der Waals surface area contributed by atoms with E-state index < -0.39 is 0 Å². The summed E-state index contributed by atoms with van der Waals surface area (Å²) in [5.74, 6) is 0.556. The zero-order valence-corrected chi connectivity index (χ0v) is 29.5. The molecule has 0 radical (unpaired) electrons. The van der Waals surface area contributed by atoms with Crippen LogP contribution in [-0.2, 0) is 41.5 Å². The molecule has 1 atom stereocenters. The molecule has 4 aliphatic carbocycles. The predicted octanol–water partition coefficient (Wildman–Crippen LogP) is 10.4. The minimum atomic E-state index is 0. The zero-order valence-electron chi connectivity index (χ0n) is 25.4. The molecule has 0 spiro atoms. The van der Waals surface area contributed by atoms with E-state index in [-0.39, 0.29) is 43.1 Å². The fourth-order valence-corrected chi connectivity index (χ4v) is 5.50. The fourth-order valence-electron chi connectivity index (χ4n) is 5.50. The Labute approximate surface area is 276 Å². The van der Waals surface area contributed by atoms with Crippen molar-refractivity contribution in [3.8, 4) is 11.1 Å². The molecule has 0 aromatic heterocycles. The van der Waals surface area contributed by atoms with Gasteiger partial charge in [-0.15, -0.1) is 43.4 Å². The van der Waals surface area contributed by atoms with Crippen molar-refractivity contribution in [1.82, 2.24) is 0 Å². The molecule has 0 bridgehead atoms. The molecule has 0 saturated heterocycles. The summed E-state index contributed by atoms with van der Waals surface area (Å²) < 4.78 is 3.34. The van der Waals surface area contributed by atoms with Gasteiger partial charge in [-0.25, -0.2) is 17.7 Å². The molecular formula is C38H42Cl2Zr-4. The summed E-state index contributed by atoms with van der Waals surface area (Å²) in [7, 11) is 0. The monoisotopic (exact) mass is 658 g/mol. The molecule has 0 fully saturated rings. The molecule has 0 amide bonds. The topological polar surface area (TPSA) is 0 Å². The maximum Gasteiger partial charge on any atom is -0.171 e. The number of halogens is 2. The molecule has 1 unspecified atom stereocenters. The summed E-state index contributed by atoms with van der Waals surface area (Å²) in [5.41, 5.74) is 13.0. The van der Waals surface area contributed by atoms with Crippen LogP contribution in [0.1, 0.15) is 74.9 Å². The molecular weight excluding hydrogens is 619 g/mol. The minimum absolute atomic E-state index is 0. The van der Waals surface area contributed by atoms with Crippen LogP contribution in [0.5, 0.6) is 0 Å². The molecule has 0 aliphatic heterocycles. The first kappa shape index (κ1) is 37.0. The van der Waals surface area contributed by atoms with Gasteiger partial charge < -0.3 is 7.43 Å². The molecule has 0 nitrogen and oxygen atoms in total. The van der Waals surface area contributed by atoms with Gasteiger partial charge in [0.2, 0.25) is 0 Å². The standard InChI is InChI=1S/C23H21.C7H9.C6H5.CH3.CH2.2ClH.Zr/c1-22(2)7-5-14-10-18-16(12-20(14)22)9-17-13-21-15(11-19(17)18)6-8-23(21,3)4;1-6-3-4-7(2)5-6;1-2-4-6-5-3-1;;;;;/h5-7,10-13H,9H2,1-4H3;3,5,7H,1-2H3;1-5H;1H3;1H2;2*1H;/q4*-1;;;;. The van der Waals surface area contributed by atoms with Gasteiger partial charge >= 0.3 is 28.4 Å². The molecule has 216 valence electrons. The molecule has 7 rings (SSSR count). The van der Waals surface area contributed by atoms with Crippen LogP contribution in [0, 0.1) is 31.6 Å². The Balaban J connectivity index is 0.000000390. The summed E-state index contributed by atoms with van der Waals surface area (Å²) >= 11 is 1.30. The summed E-state index contributed by atoms with van der Waals surface area (Å²) in [6.07, 6.45) is 18.7. The van der Waals surface area contributed by atoms with E-state index >= 15 is 0 Å². The predicted molar refractivity (Wildman–Crippen MR) is 182 cm³/mol. The van der Waals surface area contributed by atoms with Crippen molar-refractivity contribution in [2.45, 2.75) is 58.8 Å². The molecule has 3 aromatic rings. The first-order chi connectivity index (χ1) is 18.1. The summed E-state index contributed by atoms with van der Waals surface area (Å²) in [6.45, 7) is 13.4. The third-order valence-corrected chi connectivity index (χ3v) is 7.55. The second-order valence-electron chi connectivity index (χ2n) is 11.4. The van der Waals surface area contributed by atoms with Crippen molar-refractivity contribution >= 4 is 41.2 Å². The van der Waals surface area contributed by atoms with Crippen LogP contribution in [0.4, 0.5) is 0 Å². The first-order valence-electron chi connectivity index (χ1n) is 13.3. The third-order valence-electron chi connectivity index (χ3n) is 7.55. The van der Waals surface area contributed by atoms with Gasteiger partial charge in [-0.2, -0.15) is 48.0 Å². The normalized spacial score (nSPS) is 17.5. The van der Waals surface area contributed by atoms with Crippen LogP contribution < -0.4 is 0 Å². The Kier molecular flexibility index (Phi) is 13.9. The van der Waals surface area contributed by atoms with E-state index in [2.05, 4.69) is 113 Å². The van der Waals surface area contributed by atoms with Gasteiger partial charge in [0.1, 0.15) is 0 Å². The maximum atomic E-state index is 3.50. The van der Waals surface area contributed by atoms with Crippen molar-refractivity contribution in [3.63, 3.8) is 0 Å².